The van der Waals surface area contributed by atoms with Crippen LogP contribution in [0.2, 0.25) is 0 Å². The average molecular weight is 414 g/mol. The highest BCUT2D eigenvalue weighted by Crippen LogP contribution is 2.40. The van der Waals surface area contributed by atoms with Crippen LogP contribution in [-0.4, -0.2) is 40.7 Å². The number of piperidine rings is 1. The number of aromatic amines is 1. The van der Waals surface area contributed by atoms with E-state index in [1.54, 1.807) is 17.5 Å². The van der Waals surface area contributed by atoms with E-state index in [9.17, 15) is 9.18 Å². The van der Waals surface area contributed by atoms with Crippen LogP contribution in [0, 0.1) is 5.82 Å². The molecule has 152 valence electrons. The van der Waals surface area contributed by atoms with E-state index in [1.165, 1.54) is 23.5 Å². The summed E-state index contributed by atoms with van der Waals surface area (Å²) in [6, 6.07) is 6.32. The number of nitrogens with one attached hydrogen (secondary N) is 3. The van der Waals surface area contributed by atoms with Crippen molar-refractivity contribution in [1.82, 2.24) is 25.8 Å². The van der Waals surface area contributed by atoms with Crippen molar-refractivity contribution in [1.29, 1.82) is 0 Å². The Labute approximate surface area is 173 Å². The molecule has 6 nitrogen and oxygen atoms in total. The number of hydrogen-bond donors (Lipinski definition) is 3. The molecular formula is C21H24FN5OS. The lowest BCUT2D eigenvalue weighted by Gasteiger charge is -2.22. The molecule has 3 aromatic rings. The number of amides is 1. The summed E-state index contributed by atoms with van der Waals surface area (Å²) >= 11 is 1.44. The van der Waals surface area contributed by atoms with E-state index in [0.29, 0.717) is 18.2 Å². The summed E-state index contributed by atoms with van der Waals surface area (Å²) in [5.74, 6) is -0.104. The Hall–Kier alpha value is -2.58. The zero-order valence-corrected chi connectivity index (χ0v) is 17.1. The molecule has 29 heavy (non-hydrogen) atoms. The first-order chi connectivity index (χ1) is 14.2. The van der Waals surface area contributed by atoms with E-state index in [-0.39, 0.29) is 11.7 Å². The molecule has 4 rings (SSSR count). The van der Waals surface area contributed by atoms with Crippen LogP contribution in [-0.2, 0) is 0 Å². The van der Waals surface area contributed by atoms with Crippen LogP contribution in [0.3, 0.4) is 0 Å². The predicted molar refractivity (Wildman–Crippen MR) is 113 cm³/mol. The van der Waals surface area contributed by atoms with Crippen LogP contribution in [0.1, 0.15) is 48.3 Å². The maximum atomic E-state index is 13.4. The zero-order valence-electron chi connectivity index (χ0n) is 16.3. The number of hydrogen-bond acceptors (Lipinski definition) is 5. The normalized spacial score (nSPS) is 14.8. The molecule has 1 aliphatic rings. The van der Waals surface area contributed by atoms with Gasteiger partial charge in [-0.2, -0.15) is 5.10 Å². The van der Waals surface area contributed by atoms with Crippen molar-refractivity contribution in [3.05, 3.63) is 46.9 Å². The summed E-state index contributed by atoms with van der Waals surface area (Å²) in [6.45, 7) is 4.55. The summed E-state index contributed by atoms with van der Waals surface area (Å²) in [5, 5.41) is 16.6. The van der Waals surface area contributed by atoms with Gasteiger partial charge in [0.1, 0.15) is 22.2 Å². The lowest BCUT2D eigenvalue weighted by Crippen LogP contribution is -2.27. The maximum absolute atomic E-state index is 13.4. The molecule has 1 fully saturated rings. The second kappa shape index (κ2) is 8.84. The second-order valence-corrected chi connectivity index (χ2v) is 8.04. The summed E-state index contributed by atoms with van der Waals surface area (Å²) in [5.41, 5.74) is 3.95. The molecule has 0 saturated carbocycles. The van der Waals surface area contributed by atoms with E-state index in [1.807, 2.05) is 6.92 Å². The first-order valence-electron chi connectivity index (χ1n) is 9.96. The van der Waals surface area contributed by atoms with Crippen LogP contribution < -0.4 is 10.6 Å². The van der Waals surface area contributed by atoms with Gasteiger partial charge in [0, 0.05) is 29.1 Å². The number of carbonyl (C=O) groups excluding carboxylic acids is 1. The Bertz CT molecular complexity index is 975. The minimum absolute atomic E-state index is 0.162. The fourth-order valence-corrected chi connectivity index (χ4v) is 4.48. The molecule has 0 atom stereocenters. The second-order valence-electron chi connectivity index (χ2n) is 7.19. The Morgan fingerprint density at radius 1 is 1.28 bits per heavy atom. The van der Waals surface area contributed by atoms with Crippen molar-refractivity contribution in [2.45, 2.75) is 32.1 Å². The molecule has 0 aliphatic carbocycles. The molecule has 8 heteroatoms. The molecule has 1 aliphatic heterocycles. The third kappa shape index (κ3) is 4.23. The van der Waals surface area contributed by atoms with E-state index >= 15 is 0 Å². The summed E-state index contributed by atoms with van der Waals surface area (Å²) in [4.78, 5) is 16.9. The smallest absolute Gasteiger partial charge is 0.270 e. The van der Waals surface area contributed by atoms with Gasteiger partial charge >= 0.3 is 0 Å². The quantitative estimate of drug-likeness (QED) is 0.572. The molecule has 3 N–H and O–H groups in total. The van der Waals surface area contributed by atoms with Gasteiger partial charge in [0.25, 0.3) is 5.91 Å². The molecule has 1 saturated heterocycles. The number of nitrogens with zero attached hydrogens (tertiary/aromatic N) is 2. The number of thiazole rings is 1. The standard InChI is InChI=1S/C21H24FN5OS/c1-2-9-24-20(28)16-12-29-21(25-16)17-18(13-3-5-15(22)6-4-13)26-27-19(17)14-7-10-23-11-8-14/h3-6,12,14,23H,2,7-11H2,1H3,(H,24,28)(H,26,27). The zero-order chi connectivity index (χ0) is 20.2. The van der Waals surface area contributed by atoms with Gasteiger partial charge in [-0.3, -0.25) is 9.89 Å². The van der Waals surface area contributed by atoms with Gasteiger partial charge in [0.15, 0.2) is 0 Å². The minimum Gasteiger partial charge on any atom is -0.351 e. The molecule has 0 spiro atoms. The molecule has 0 bridgehead atoms. The third-order valence-corrected chi connectivity index (χ3v) is 6.01. The molecule has 3 heterocycles. The van der Waals surface area contributed by atoms with Crippen molar-refractivity contribution < 1.29 is 9.18 Å². The van der Waals surface area contributed by atoms with Crippen LogP contribution in [0.15, 0.2) is 29.6 Å². The first kappa shape index (κ1) is 19.7. The van der Waals surface area contributed by atoms with Crippen molar-refractivity contribution in [2.24, 2.45) is 0 Å². The van der Waals surface area contributed by atoms with Gasteiger partial charge in [-0.15, -0.1) is 11.3 Å². The van der Waals surface area contributed by atoms with E-state index in [0.717, 1.165) is 59.9 Å². The average Bonchev–Trinajstić information content (AvgIpc) is 3.40. The molecule has 1 aromatic carbocycles. The maximum Gasteiger partial charge on any atom is 0.270 e. The Morgan fingerprint density at radius 2 is 2.03 bits per heavy atom. The van der Waals surface area contributed by atoms with Crippen LogP contribution >= 0.6 is 11.3 Å². The van der Waals surface area contributed by atoms with E-state index in [4.69, 9.17) is 0 Å². The van der Waals surface area contributed by atoms with Crippen molar-refractivity contribution in [3.63, 3.8) is 0 Å². The lowest BCUT2D eigenvalue weighted by atomic mass is 9.91. The summed E-state index contributed by atoms with van der Waals surface area (Å²) < 4.78 is 13.4. The molecule has 1 amide bonds. The van der Waals surface area contributed by atoms with Crippen molar-refractivity contribution in [3.8, 4) is 21.8 Å². The van der Waals surface area contributed by atoms with E-state index in [2.05, 4.69) is 25.8 Å². The molecule has 2 aromatic heterocycles. The van der Waals surface area contributed by atoms with Crippen molar-refractivity contribution in [2.75, 3.05) is 19.6 Å². The van der Waals surface area contributed by atoms with Gasteiger partial charge in [-0.05, 0) is 56.6 Å². The minimum atomic E-state index is -0.284. The topological polar surface area (TPSA) is 82.7 Å². The highest BCUT2D eigenvalue weighted by atomic mass is 32.1. The van der Waals surface area contributed by atoms with Gasteiger partial charge in [-0.25, -0.2) is 9.37 Å². The Morgan fingerprint density at radius 3 is 2.76 bits per heavy atom. The first-order valence-corrected chi connectivity index (χ1v) is 10.8. The fraction of sp³-hybridized carbons (Fsp3) is 0.381. The summed E-state index contributed by atoms with van der Waals surface area (Å²) in [7, 11) is 0. The van der Waals surface area contributed by atoms with Gasteiger partial charge < -0.3 is 10.6 Å². The molecular weight excluding hydrogens is 389 g/mol. The Kier molecular flexibility index (Phi) is 6.01. The van der Waals surface area contributed by atoms with Crippen LogP contribution in [0.4, 0.5) is 4.39 Å². The lowest BCUT2D eigenvalue weighted by molar-refractivity contribution is 0.0949. The predicted octanol–water partition coefficient (Wildman–Crippen LogP) is 3.95. The highest BCUT2D eigenvalue weighted by Gasteiger charge is 2.27. The molecule has 0 radical (unpaired) electrons. The van der Waals surface area contributed by atoms with Gasteiger partial charge in [-0.1, -0.05) is 6.92 Å². The number of halogens is 1. The van der Waals surface area contributed by atoms with Crippen LogP contribution in [0.25, 0.3) is 21.8 Å². The largest absolute Gasteiger partial charge is 0.351 e. The Balaban J connectivity index is 1.75. The highest BCUT2D eigenvalue weighted by molar-refractivity contribution is 7.13. The number of rotatable bonds is 6. The third-order valence-electron chi connectivity index (χ3n) is 5.15. The summed E-state index contributed by atoms with van der Waals surface area (Å²) in [6.07, 6.45) is 2.89. The fourth-order valence-electron chi connectivity index (χ4n) is 3.62. The molecule has 0 unspecified atom stereocenters. The SMILES string of the molecule is CCCNC(=O)c1csc(-c2c(-c3ccc(F)cc3)n[nH]c2C2CCNCC2)n1. The van der Waals surface area contributed by atoms with E-state index < -0.39 is 0 Å². The number of aromatic nitrogens is 3. The number of H-pyrrole nitrogens is 1. The monoisotopic (exact) mass is 413 g/mol. The van der Waals surface area contributed by atoms with Gasteiger partial charge in [0.05, 0.1) is 5.56 Å². The van der Waals surface area contributed by atoms with Crippen molar-refractivity contribution >= 4 is 17.2 Å². The number of carbonyl (C=O) groups is 1. The number of benzene rings is 1. The van der Waals surface area contributed by atoms with Crippen LogP contribution in [0.5, 0.6) is 0 Å². The van der Waals surface area contributed by atoms with Gasteiger partial charge in [0.2, 0.25) is 0 Å².